The first-order chi connectivity index (χ1) is 13.5. The van der Waals surface area contributed by atoms with Gasteiger partial charge in [0.15, 0.2) is 11.5 Å². The first kappa shape index (κ1) is 20.0. The number of rotatable bonds is 8. The Hall–Kier alpha value is -2.74. The van der Waals surface area contributed by atoms with Crippen LogP contribution in [0.3, 0.4) is 0 Å². The van der Waals surface area contributed by atoms with Gasteiger partial charge < -0.3 is 19.2 Å². The van der Waals surface area contributed by atoms with Gasteiger partial charge in [0.1, 0.15) is 0 Å². The number of aromatic nitrogens is 2. The number of nitrogens with one attached hydrogen (secondary N) is 1. The third-order valence-corrected chi connectivity index (χ3v) is 5.10. The van der Waals surface area contributed by atoms with Gasteiger partial charge in [-0.15, -0.1) is 0 Å². The van der Waals surface area contributed by atoms with Crippen LogP contribution in [0.25, 0.3) is 11.0 Å². The maximum Gasteiger partial charge on any atom is 0.326 e. The number of aromatic amines is 1. The molecule has 0 amide bonds. The van der Waals surface area contributed by atoms with Gasteiger partial charge in [-0.3, -0.25) is 9.36 Å². The summed E-state index contributed by atoms with van der Waals surface area (Å²) in [7, 11) is 3.10. The number of aryl methyl sites for hydroxylation is 1. The van der Waals surface area contributed by atoms with E-state index < -0.39 is 0 Å². The monoisotopic (exact) mass is 448 g/mol. The van der Waals surface area contributed by atoms with E-state index in [1.54, 1.807) is 30.9 Å². The van der Waals surface area contributed by atoms with E-state index in [2.05, 4.69) is 20.9 Å². The standard InChI is InChI=1S/C20H21BrN2O5/c1-26-17-10-13(14(21)12-18(17)27-2)11-19(24)28-9-5-8-23-16-7-4-3-6-15(16)22-20(23)25/h3-4,6-7,10,12H,5,8-9,11H2,1-2H3,(H,22,25). The molecule has 2 aromatic carbocycles. The Kier molecular flexibility index (Phi) is 6.41. The normalized spacial score (nSPS) is 10.8. The van der Waals surface area contributed by atoms with Crippen molar-refractivity contribution in [1.82, 2.24) is 9.55 Å². The fraction of sp³-hybridized carbons (Fsp3) is 0.300. The molecule has 0 aliphatic heterocycles. The molecule has 28 heavy (non-hydrogen) atoms. The van der Waals surface area contributed by atoms with Crippen molar-refractivity contribution in [2.75, 3.05) is 20.8 Å². The van der Waals surface area contributed by atoms with Crippen molar-refractivity contribution in [2.45, 2.75) is 19.4 Å². The van der Waals surface area contributed by atoms with E-state index in [-0.39, 0.29) is 24.7 Å². The summed E-state index contributed by atoms with van der Waals surface area (Å²) in [6.45, 7) is 0.700. The number of imidazole rings is 1. The third-order valence-electron chi connectivity index (χ3n) is 4.36. The van der Waals surface area contributed by atoms with Crippen LogP contribution in [0.1, 0.15) is 12.0 Å². The van der Waals surface area contributed by atoms with E-state index in [4.69, 9.17) is 14.2 Å². The molecule has 1 aromatic heterocycles. The molecule has 0 aliphatic carbocycles. The minimum Gasteiger partial charge on any atom is -0.493 e. The number of fused-ring (bicyclic) bond motifs is 1. The molecule has 8 heteroatoms. The molecule has 148 valence electrons. The van der Waals surface area contributed by atoms with Crippen molar-refractivity contribution in [3.05, 3.63) is 56.9 Å². The largest absolute Gasteiger partial charge is 0.493 e. The fourth-order valence-corrected chi connectivity index (χ4v) is 3.44. The van der Waals surface area contributed by atoms with Crippen LogP contribution in [0.5, 0.6) is 11.5 Å². The Bertz CT molecular complexity index is 1040. The number of H-pyrrole nitrogens is 1. The van der Waals surface area contributed by atoms with E-state index in [1.807, 2.05) is 24.3 Å². The summed E-state index contributed by atoms with van der Waals surface area (Å²) in [6.07, 6.45) is 0.647. The Morgan fingerprint density at radius 3 is 2.61 bits per heavy atom. The van der Waals surface area contributed by atoms with Gasteiger partial charge >= 0.3 is 11.7 Å². The number of nitrogens with zero attached hydrogens (tertiary/aromatic N) is 1. The number of benzene rings is 2. The minimum atomic E-state index is -0.348. The van der Waals surface area contributed by atoms with Crippen molar-refractivity contribution in [2.24, 2.45) is 0 Å². The SMILES string of the molecule is COc1cc(Br)c(CC(=O)OCCCn2c(=O)[nH]c3ccccc32)cc1OC. The van der Waals surface area contributed by atoms with Gasteiger partial charge in [0.2, 0.25) is 0 Å². The number of para-hydroxylation sites is 2. The van der Waals surface area contributed by atoms with Crippen LogP contribution in [0, 0.1) is 0 Å². The summed E-state index contributed by atoms with van der Waals surface area (Å²) in [5, 5.41) is 0. The molecule has 0 aliphatic rings. The second kappa shape index (κ2) is 8.97. The summed E-state index contributed by atoms with van der Waals surface area (Å²) in [4.78, 5) is 27.0. The number of hydrogen-bond acceptors (Lipinski definition) is 5. The van der Waals surface area contributed by atoms with Crippen molar-refractivity contribution >= 4 is 32.9 Å². The molecule has 7 nitrogen and oxygen atoms in total. The van der Waals surface area contributed by atoms with Crippen molar-refractivity contribution in [1.29, 1.82) is 0 Å². The molecule has 0 spiro atoms. The first-order valence-corrected chi connectivity index (χ1v) is 9.56. The molecular weight excluding hydrogens is 428 g/mol. The van der Waals surface area contributed by atoms with Gasteiger partial charge in [-0.2, -0.15) is 0 Å². The Labute approximate surface area is 170 Å². The molecule has 0 saturated heterocycles. The zero-order chi connectivity index (χ0) is 20.1. The molecule has 0 atom stereocenters. The van der Waals surface area contributed by atoms with Crippen LogP contribution in [-0.4, -0.2) is 36.3 Å². The highest BCUT2D eigenvalue weighted by atomic mass is 79.9. The highest BCUT2D eigenvalue weighted by molar-refractivity contribution is 9.10. The number of carbonyl (C=O) groups excluding carboxylic acids is 1. The summed E-state index contributed by atoms with van der Waals surface area (Å²) in [6, 6.07) is 11.0. The predicted octanol–water partition coefficient (Wildman–Crippen LogP) is 3.29. The van der Waals surface area contributed by atoms with Crippen LogP contribution in [-0.2, 0) is 22.5 Å². The van der Waals surface area contributed by atoms with Crippen molar-refractivity contribution in [3.63, 3.8) is 0 Å². The second-order valence-electron chi connectivity index (χ2n) is 6.15. The number of esters is 1. The second-order valence-corrected chi connectivity index (χ2v) is 7.00. The molecule has 0 bridgehead atoms. The average molecular weight is 449 g/mol. The Morgan fingerprint density at radius 2 is 1.86 bits per heavy atom. The van der Waals surface area contributed by atoms with Crippen LogP contribution in [0.15, 0.2) is 45.7 Å². The first-order valence-electron chi connectivity index (χ1n) is 8.77. The maximum atomic E-state index is 12.2. The van der Waals surface area contributed by atoms with Gasteiger partial charge in [-0.05, 0) is 36.2 Å². The van der Waals surface area contributed by atoms with E-state index >= 15 is 0 Å². The lowest BCUT2D eigenvalue weighted by Crippen LogP contribution is -2.18. The topological polar surface area (TPSA) is 82.5 Å². The smallest absolute Gasteiger partial charge is 0.326 e. The predicted molar refractivity (Wildman–Crippen MR) is 109 cm³/mol. The lowest BCUT2D eigenvalue weighted by atomic mass is 10.1. The molecule has 1 N–H and O–H groups in total. The van der Waals surface area contributed by atoms with Crippen molar-refractivity contribution in [3.8, 4) is 11.5 Å². The molecule has 1 heterocycles. The zero-order valence-corrected chi connectivity index (χ0v) is 17.2. The van der Waals surface area contributed by atoms with Crippen LogP contribution < -0.4 is 15.2 Å². The minimum absolute atomic E-state index is 0.105. The van der Waals surface area contributed by atoms with E-state index in [0.717, 1.165) is 21.1 Å². The quantitative estimate of drug-likeness (QED) is 0.422. The summed E-state index contributed by atoms with van der Waals surface area (Å²) < 4.78 is 18.2. The number of carbonyl (C=O) groups is 1. The molecule has 3 aromatic rings. The van der Waals surface area contributed by atoms with Gasteiger partial charge in [-0.1, -0.05) is 28.1 Å². The molecule has 0 radical (unpaired) electrons. The maximum absolute atomic E-state index is 12.2. The fourth-order valence-electron chi connectivity index (χ4n) is 2.98. The van der Waals surface area contributed by atoms with E-state index in [9.17, 15) is 9.59 Å². The highest BCUT2D eigenvalue weighted by Crippen LogP contribution is 2.33. The summed E-state index contributed by atoms with van der Waals surface area (Å²) >= 11 is 3.43. The number of halogens is 1. The molecule has 0 fully saturated rings. The highest BCUT2D eigenvalue weighted by Gasteiger charge is 2.14. The molecule has 0 saturated carbocycles. The number of methoxy groups -OCH3 is 2. The Morgan fingerprint density at radius 1 is 1.14 bits per heavy atom. The molecule has 3 rings (SSSR count). The summed E-state index contributed by atoms with van der Waals surface area (Å²) in [5.41, 5.74) is 2.22. The lowest BCUT2D eigenvalue weighted by Gasteiger charge is -2.12. The van der Waals surface area contributed by atoms with Gasteiger partial charge in [0.05, 0.1) is 38.3 Å². The third kappa shape index (κ3) is 4.39. The molecular formula is C20H21BrN2O5. The molecule has 0 unspecified atom stereocenters. The van der Waals surface area contributed by atoms with Crippen LogP contribution in [0.2, 0.25) is 0 Å². The number of hydrogen-bond donors (Lipinski definition) is 1. The van der Waals surface area contributed by atoms with E-state index in [0.29, 0.717) is 24.5 Å². The van der Waals surface area contributed by atoms with Crippen LogP contribution in [0.4, 0.5) is 0 Å². The lowest BCUT2D eigenvalue weighted by molar-refractivity contribution is -0.143. The van der Waals surface area contributed by atoms with E-state index in [1.165, 1.54) is 0 Å². The summed E-state index contributed by atoms with van der Waals surface area (Å²) in [5.74, 6) is 0.780. The average Bonchev–Trinajstić information content (AvgIpc) is 3.01. The van der Waals surface area contributed by atoms with Crippen LogP contribution >= 0.6 is 15.9 Å². The Balaban J connectivity index is 1.55. The van der Waals surface area contributed by atoms with Gasteiger partial charge in [0, 0.05) is 11.0 Å². The van der Waals surface area contributed by atoms with Gasteiger partial charge in [-0.25, -0.2) is 4.79 Å². The zero-order valence-electron chi connectivity index (χ0n) is 15.7. The van der Waals surface area contributed by atoms with Gasteiger partial charge in [0.25, 0.3) is 0 Å². The van der Waals surface area contributed by atoms with Crippen molar-refractivity contribution < 1.29 is 19.0 Å². The number of ether oxygens (including phenoxy) is 3.